The molecule has 0 spiro atoms. The topological polar surface area (TPSA) is 95.9 Å². The van der Waals surface area contributed by atoms with Crippen molar-refractivity contribution in [3.63, 3.8) is 0 Å². The second-order valence-electron chi connectivity index (χ2n) is 6.25. The highest BCUT2D eigenvalue weighted by atomic mass is 35.5. The van der Waals surface area contributed by atoms with Gasteiger partial charge in [0.25, 0.3) is 11.8 Å². The Bertz CT molecular complexity index is 1120. The van der Waals surface area contributed by atoms with E-state index in [0.29, 0.717) is 16.3 Å². The third-order valence-corrected chi connectivity index (χ3v) is 5.85. The van der Waals surface area contributed by atoms with Crippen LogP contribution >= 0.6 is 47.2 Å². The fourth-order valence-electron chi connectivity index (χ4n) is 2.48. The largest absolute Gasteiger partial charge is 0.479 e. The summed E-state index contributed by atoms with van der Waals surface area (Å²) in [5, 5.41) is 10.4. The molecule has 1 atom stereocenters. The van der Waals surface area contributed by atoms with Crippen molar-refractivity contribution < 1.29 is 24.2 Å². The van der Waals surface area contributed by atoms with Crippen LogP contribution in [0.5, 0.6) is 5.75 Å². The summed E-state index contributed by atoms with van der Waals surface area (Å²) in [7, 11) is 0. The van der Waals surface area contributed by atoms with E-state index in [-0.39, 0.29) is 19.8 Å². The number of rotatable bonds is 6. The minimum Gasteiger partial charge on any atom is -0.479 e. The predicted octanol–water partition coefficient (Wildman–Crippen LogP) is 4.39. The van der Waals surface area contributed by atoms with Crippen LogP contribution in [0.2, 0.25) is 10.0 Å². The molecule has 0 aromatic heterocycles. The Labute approximate surface area is 196 Å². The number of carbonyl (C=O) groups excluding carboxylic acids is 2. The number of amides is 2. The van der Waals surface area contributed by atoms with Crippen molar-refractivity contribution in [3.05, 3.63) is 68.5 Å². The summed E-state index contributed by atoms with van der Waals surface area (Å²) >= 11 is 18.1. The molecular weight excluding hydrogens is 483 g/mol. The number of carbonyl (C=O) groups is 3. The molecule has 2 aromatic rings. The number of carboxylic acids is 1. The summed E-state index contributed by atoms with van der Waals surface area (Å²) in [5.41, 5.74) is 3.19. The Morgan fingerprint density at radius 3 is 2.68 bits per heavy atom. The van der Waals surface area contributed by atoms with Crippen LogP contribution in [-0.4, -0.2) is 38.3 Å². The van der Waals surface area contributed by atoms with E-state index in [4.69, 9.17) is 45.3 Å². The minimum atomic E-state index is -1.09. The predicted molar refractivity (Wildman–Crippen MR) is 123 cm³/mol. The van der Waals surface area contributed by atoms with Gasteiger partial charge in [-0.15, -0.1) is 0 Å². The number of ether oxygens (including phenoxy) is 1. The van der Waals surface area contributed by atoms with Gasteiger partial charge in [0.05, 0.1) is 15.5 Å². The molecule has 11 heteroatoms. The third-order valence-electron chi connectivity index (χ3n) is 4.00. The second kappa shape index (κ2) is 9.69. The maximum Gasteiger partial charge on any atom is 0.344 e. The van der Waals surface area contributed by atoms with Gasteiger partial charge in [-0.1, -0.05) is 47.1 Å². The number of halogens is 2. The molecule has 1 fully saturated rings. The van der Waals surface area contributed by atoms with E-state index in [9.17, 15) is 14.4 Å². The highest BCUT2D eigenvalue weighted by molar-refractivity contribution is 8.26. The molecule has 1 saturated heterocycles. The number of thioether (sulfide) groups is 1. The van der Waals surface area contributed by atoms with Gasteiger partial charge in [-0.2, -0.15) is 5.01 Å². The van der Waals surface area contributed by atoms with Crippen molar-refractivity contribution in [1.82, 2.24) is 10.4 Å². The zero-order valence-electron chi connectivity index (χ0n) is 15.8. The van der Waals surface area contributed by atoms with Gasteiger partial charge in [0, 0.05) is 5.02 Å². The van der Waals surface area contributed by atoms with Gasteiger partial charge in [-0.3, -0.25) is 15.0 Å². The molecule has 1 unspecified atom stereocenters. The summed E-state index contributed by atoms with van der Waals surface area (Å²) in [4.78, 5) is 36.5. The summed E-state index contributed by atoms with van der Waals surface area (Å²) in [6, 6.07) is 11.0. The van der Waals surface area contributed by atoms with Crippen LogP contribution in [0.25, 0.3) is 6.08 Å². The summed E-state index contributed by atoms with van der Waals surface area (Å²) in [5.74, 6) is -1.89. The van der Waals surface area contributed by atoms with Gasteiger partial charge in [0.2, 0.25) is 0 Å². The average Bonchev–Trinajstić information content (AvgIpc) is 2.95. The molecule has 2 amide bonds. The molecule has 3 rings (SSSR count). The van der Waals surface area contributed by atoms with Crippen molar-refractivity contribution in [2.45, 2.75) is 13.0 Å². The lowest BCUT2D eigenvalue weighted by Gasteiger charge is -2.16. The van der Waals surface area contributed by atoms with Gasteiger partial charge in [0.1, 0.15) is 5.75 Å². The van der Waals surface area contributed by atoms with Crippen LogP contribution in [0, 0.1) is 0 Å². The summed E-state index contributed by atoms with van der Waals surface area (Å²) < 4.78 is 5.48. The zero-order chi connectivity index (χ0) is 22.7. The number of hydrogen-bond donors (Lipinski definition) is 2. The number of nitrogens with one attached hydrogen (secondary N) is 1. The number of nitrogens with zero attached hydrogens (tertiary/aromatic N) is 1. The minimum absolute atomic E-state index is 0.137. The standard InChI is InChI=1S/C20H14Cl2N2O5S2/c1-10(19(27)28)29-13-4-2-3-11(7-13)8-16-18(26)24(20(30)31-16)23-17(25)14-6-5-12(21)9-15(14)22/h2-10H,1H3,(H,23,25)(H,27,28)/b16-8+. The summed E-state index contributed by atoms with van der Waals surface area (Å²) in [6.07, 6.45) is 0.544. The van der Waals surface area contributed by atoms with Crippen molar-refractivity contribution in [3.8, 4) is 5.75 Å². The fraction of sp³-hybridized carbons (Fsp3) is 0.100. The number of benzene rings is 2. The first-order valence-electron chi connectivity index (χ1n) is 8.69. The van der Waals surface area contributed by atoms with Crippen LogP contribution in [0.15, 0.2) is 47.4 Å². The average molecular weight is 497 g/mol. The Kier molecular flexibility index (Phi) is 7.22. The van der Waals surface area contributed by atoms with E-state index in [1.807, 2.05) is 0 Å². The number of aliphatic carboxylic acids is 1. The van der Waals surface area contributed by atoms with Gasteiger partial charge >= 0.3 is 5.97 Å². The van der Waals surface area contributed by atoms with Crippen molar-refractivity contribution in [2.24, 2.45) is 0 Å². The van der Waals surface area contributed by atoms with Gasteiger partial charge in [-0.25, -0.2) is 4.79 Å². The summed E-state index contributed by atoms with van der Waals surface area (Å²) in [6.45, 7) is 1.41. The van der Waals surface area contributed by atoms with Crippen molar-refractivity contribution in [2.75, 3.05) is 0 Å². The lowest BCUT2D eigenvalue weighted by molar-refractivity contribution is -0.144. The highest BCUT2D eigenvalue weighted by Gasteiger charge is 2.34. The quantitative estimate of drug-likeness (QED) is 0.452. The Hall–Kier alpha value is -2.59. The SMILES string of the molecule is CC(Oc1cccc(/C=C2/SC(=S)N(NC(=O)c3ccc(Cl)cc3Cl)C2=O)c1)C(=O)O. The second-order valence-corrected chi connectivity index (χ2v) is 8.77. The maximum absolute atomic E-state index is 12.7. The first-order chi connectivity index (χ1) is 14.7. The van der Waals surface area contributed by atoms with E-state index < -0.39 is 23.9 Å². The first kappa shape index (κ1) is 23.1. The van der Waals surface area contributed by atoms with Crippen LogP contribution < -0.4 is 10.2 Å². The molecule has 1 aliphatic rings. The molecule has 2 aromatic carbocycles. The molecule has 31 heavy (non-hydrogen) atoms. The Morgan fingerprint density at radius 1 is 1.26 bits per heavy atom. The number of hydrogen-bond acceptors (Lipinski definition) is 6. The van der Waals surface area contributed by atoms with E-state index in [1.54, 1.807) is 30.3 Å². The van der Waals surface area contributed by atoms with Crippen LogP contribution in [-0.2, 0) is 9.59 Å². The smallest absolute Gasteiger partial charge is 0.344 e. The third kappa shape index (κ3) is 5.56. The lowest BCUT2D eigenvalue weighted by Crippen LogP contribution is -2.44. The molecule has 1 aliphatic heterocycles. The normalized spacial score (nSPS) is 15.8. The van der Waals surface area contributed by atoms with E-state index >= 15 is 0 Å². The molecule has 0 saturated carbocycles. The molecule has 0 radical (unpaired) electrons. The number of thiocarbonyl (C=S) groups is 1. The lowest BCUT2D eigenvalue weighted by atomic mass is 10.2. The van der Waals surface area contributed by atoms with Crippen LogP contribution in [0.3, 0.4) is 0 Å². The Morgan fingerprint density at radius 2 is 2.00 bits per heavy atom. The maximum atomic E-state index is 12.7. The fourth-order valence-corrected chi connectivity index (χ4v) is 4.16. The molecule has 0 aliphatic carbocycles. The van der Waals surface area contributed by atoms with Gasteiger partial charge in [-0.05, 0) is 61.1 Å². The number of hydrazine groups is 1. The zero-order valence-corrected chi connectivity index (χ0v) is 18.9. The van der Waals surface area contributed by atoms with Gasteiger partial charge in [0.15, 0.2) is 10.4 Å². The van der Waals surface area contributed by atoms with Gasteiger partial charge < -0.3 is 9.84 Å². The molecule has 160 valence electrons. The van der Waals surface area contributed by atoms with E-state index in [1.165, 1.54) is 25.1 Å². The molecule has 0 bridgehead atoms. The van der Waals surface area contributed by atoms with Crippen molar-refractivity contribution in [1.29, 1.82) is 0 Å². The molecule has 1 heterocycles. The monoisotopic (exact) mass is 496 g/mol. The van der Waals surface area contributed by atoms with Crippen LogP contribution in [0.1, 0.15) is 22.8 Å². The molecular formula is C20H14Cl2N2O5S2. The van der Waals surface area contributed by atoms with Crippen molar-refractivity contribution >= 4 is 75.4 Å². The van der Waals surface area contributed by atoms with E-state index in [2.05, 4.69) is 5.43 Å². The first-order valence-corrected chi connectivity index (χ1v) is 10.7. The molecule has 2 N–H and O–H groups in total. The Balaban J connectivity index is 1.76. The number of carboxylic acid groups (broad SMARTS) is 1. The molecule has 7 nitrogen and oxygen atoms in total. The van der Waals surface area contributed by atoms with E-state index in [0.717, 1.165) is 16.8 Å². The highest BCUT2D eigenvalue weighted by Crippen LogP contribution is 2.32. The van der Waals surface area contributed by atoms with Crippen LogP contribution in [0.4, 0.5) is 0 Å².